The highest BCUT2D eigenvalue weighted by Gasteiger charge is 2.40. The van der Waals surface area contributed by atoms with Crippen molar-refractivity contribution in [1.82, 2.24) is 31.2 Å². The number of hydrogen-bond acceptors (Lipinski definition) is 8. The Bertz CT molecular complexity index is 2020. The minimum atomic E-state index is -1.45. The fraction of sp³-hybridized carbons (Fsp3) is 0.381. The Kier molecular flexibility index (Phi) is 14.5. The van der Waals surface area contributed by atoms with Crippen molar-refractivity contribution in [3.05, 3.63) is 108 Å². The van der Waals surface area contributed by atoms with Crippen LogP contribution in [0.25, 0.3) is 10.9 Å². The number of likely N-dealkylation sites (tertiary alicyclic amines) is 1. The molecule has 1 aromatic heterocycles. The molecule has 57 heavy (non-hydrogen) atoms. The number of nitrogens with one attached hydrogen (secondary N) is 5. The van der Waals surface area contributed by atoms with Gasteiger partial charge < -0.3 is 47.1 Å². The number of carbonyl (C=O) groups is 6. The second-order valence-electron chi connectivity index (χ2n) is 14.7. The first-order valence-corrected chi connectivity index (χ1v) is 19.1. The summed E-state index contributed by atoms with van der Waals surface area (Å²) in [6.07, 6.45) is 2.76. The van der Waals surface area contributed by atoms with E-state index in [2.05, 4.69) is 26.3 Å². The molecule has 5 amide bonds. The number of fused-ring (bicyclic) bond motifs is 1. The standard InChI is InChI=1S/C42H51N7O8/c1-25(2)36(42(56)57)48-40(54)35-18-11-19-49(35)41(55)33(21-27-14-7-4-8-15-27)46-38(52)32(20-26-12-5-3-6-13-26)45-39(53)34(24-50)47-37(51)30(43)22-28-23-44-31-17-10-9-16-29(28)31/h3-10,12-17,23,25,30,32-36,44,50H,11,18-22,24,43H2,1-2H3,(H,45,53)(H,46,52)(H,47,51)(H,48,54)(H,56,57)/t30-,32-,33-,34-,35-,36-/m0/s1. The van der Waals surface area contributed by atoms with Gasteiger partial charge in [-0.15, -0.1) is 0 Å². The first-order chi connectivity index (χ1) is 27.4. The predicted molar refractivity (Wildman–Crippen MR) is 212 cm³/mol. The van der Waals surface area contributed by atoms with Crippen LogP contribution in [0.1, 0.15) is 43.4 Å². The summed E-state index contributed by atoms with van der Waals surface area (Å²) in [7, 11) is 0. The molecular weight excluding hydrogens is 731 g/mol. The van der Waals surface area contributed by atoms with Crippen molar-refractivity contribution < 1.29 is 39.0 Å². The van der Waals surface area contributed by atoms with Crippen LogP contribution in [0.5, 0.6) is 0 Å². The zero-order chi connectivity index (χ0) is 41.1. The second kappa shape index (κ2) is 19.7. The maximum atomic E-state index is 14.3. The van der Waals surface area contributed by atoms with E-state index >= 15 is 0 Å². The average Bonchev–Trinajstić information content (AvgIpc) is 3.86. The van der Waals surface area contributed by atoms with Crippen LogP contribution in [0, 0.1) is 5.92 Å². The van der Waals surface area contributed by atoms with Gasteiger partial charge in [-0.2, -0.15) is 0 Å². The van der Waals surface area contributed by atoms with Crippen molar-refractivity contribution in [2.24, 2.45) is 11.7 Å². The number of carboxylic acid groups (broad SMARTS) is 1. The summed E-state index contributed by atoms with van der Waals surface area (Å²) in [5.74, 6) is -4.98. The van der Waals surface area contributed by atoms with Gasteiger partial charge in [0.25, 0.3) is 0 Å². The Morgan fingerprint density at radius 3 is 1.93 bits per heavy atom. The van der Waals surface area contributed by atoms with Gasteiger partial charge in [-0.3, -0.25) is 24.0 Å². The molecule has 9 N–H and O–H groups in total. The number of nitrogens with two attached hydrogens (primary N) is 1. The van der Waals surface area contributed by atoms with E-state index in [9.17, 15) is 39.0 Å². The number of benzene rings is 3. The summed E-state index contributed by atoms with van der Waals surface area (Å²) in [6, 6.07) is 18.3. The molecule has 1 aliphatic heterocycles. The second-order valence-corrected chi connectivity index (χ2v) is 14.7. The predicted octanol–water partition coefficient (Wildman–Crippen LogP) is 1.19. The minimum absolute atomic E-state index is 0.00262. The lowest BCUT2D eigenvalue weighted by Gasteiger charge is -2.31. The van der Waals surface area contributed by atoms with Crippen molar-refractivity contribution in [3.8, 4) is 0 Å². The maximum Gasteiger partial charge on any atom is 0.326 e. The van der Waals surface area contributed by atoms with Crippen LogP contribution in [0.2, 0.25) is 0 Å². The molecule has 5 rings (SSSR count). The highest BCUT2D eigenvalue weighted by Crippen LogP contribution is 2.22. The quantitative estimate of drug-likeness (QED) is 0.0723. The monoisotopic (exact) mass is 781 g/mol. The van der Waals surface area contributed by atoms with Gasteiger partial charge >= 0.3 is 5.97 Å². The number of nitrogens with zero attached hydrogens (tertiary/aromatic N) is 1. The number of aliphatic carboxylic acids is 1. The van der Waals surface area contributed by atoms with Crippen molar-refractivity contribution in [3.63, 3.8) is 0 Å². The van der Waals surface area contributed by atoms with E-state index in [1.807, 2.05) is 30.3 Å². The van der Waals surface area contributed by atoms with E-state index in [0.29, 0.717) is 18.4 Å². The van der Waals surface area contributed by atoms with Crippen molar-refractivity contribution in [2.75, 3.05) is 13.2 Å². The zero-order valence-corrected chi connectivity index (χ0v) is 32.0. The minimum Gasteiger partial charge on any atom is -0.480 e. The molecule has 0 saturated carbocycles. The van der Waals surface area contributed by atoms with Gasteiger partial charge in [-0.05, 0) is 47.9 Å². The summed E-state index contributed by atoms with van der Waals surface area (Å²) in [5, 5.41) is 31.3. The normalized spacial score (nSPS) is 16.6. The number of carboxylic acids is 1. The number of aliphatic hydroxyl groups excluding tert-OH is 1. The lowest BCUT2D eigenvalue weighted by molar-refractivity contribution is -0.145. The summed E-state index contributed by atoms with van der Waals surface area (Å²) in [6.45, 7) is 2.77. The fourth-order valence-electron chi connectivity index (χ4n) is 7.02. The van der Waals surface area contributed by atoms with Gasteiger partial charge in [0.05, 0.1) is 12.6 Å². The number of aromatic amines is 1. The van der Waals surface area contributed by atoms with Gasteiger partial charge in [0, 0.05) is 36.5 Å². The van der Waals surface area contributed by atoms with E-state index < -0.39 is 84.3 Å². The summed E-state index contributed by atoms with van der Waals surface area (Å²) < 4.78 is 0. The SMILES string of the molecule is CC(C)[C@H](NC(=O)[C@@H]1CCCN1C(=O)[C@H](Cc1ccccc1)NC(=O)[C@H](Cc1ccccc1)NC(=O)[C@H](CO)NC(=O)[C@@H](N)Cc1c[nH]c2ccccc12)C(=O)O. The lowest BCUT2D eigenvalue weighted by Crippen LogP contribution is -2.60. The van der Waals surface area contributed by atoms with E-state index in [1.54, 1.807) is 74.6 Å². The van der Waals surface area contributed by atoms with Crippen LogP contribution in [-0.4, -0.2) is 105 Å². The number of rotatable bonds is 18. The first-order valence-electron chi connectivity index (χ1n) is 19.1. The topological polar surface area (TPSA) is 236 Å². The Labute approximate surface area is 330 Å². The molecule has 2 heterocycles. The Hall–Kier alpha value is -6.06. The van der Waals surface area contributed by atoms with Crippen LogP contribution in [0.3, 0.4) is 0 Å². The molecule has 15 nitrogen and oxygen atoms in total. The zero-order valence-electron chi connectivity index (χ0n) is 32.0. The number of amides is 5. The van der Waals surface area contributed by atoms with E-state index in [4.69, 9.17) is 5.73 Å². The van der Waals surface area contributed by atoms with Gasteiger partial charge in [0.15, 0.2) is 0 Å². The molecule has 302 valence electrons. The van der Waals surface area contributed by atoms with Gasteiger partial charge in [-0.25, -0.2) is 4.79 Å². The third-order valence-corrected chi connectivity index (χ3v) is 10.1. The smallest absolute Gasteiger partial charge is 0.326 e. The molecule has 6 atom stereocenters. The average molecular weight is 782 g/mol. The highest BCUT2D eigenvalue weighted by atomic mass is 16.4. The first kappa shape index (κ1) is 42.1. The van der Waals surface area contributed by atoms with Crippen LogP contribution in [0.15, 0.2) is 91.1 Å². The van der Waals surface area contributed by atoms with Crippen molar-refractivity contribution >= 4 is 46.4 Å². The molecule has 1 fully saturated rings. The molecule has 15 heteroatoms. The largest absolute Gasteiger partial charge is 0.480 e. The fourth-order valence-corrected chi connectivity index (χ4v) is 7.02. The van der Waals surface area contributed by atoms with Gasteiger partial charge in [0.2, 0.25) is 29.5 Å². The molecule has 1 saturated heterocycles. The molecule has 0 bridgehead atoms. The van der Waals surface area contributed by atoms with Crippen molar-refractivity contribution in [2.45, 2.75) is 82.2 Å². The molecule has 0 aliphatic carbocycles. The van der Waals surface area contributed by atoms with Crippen LogP contribution in [-0.2, 0) is 48.0 Å². The third kappa shape index (κ3) is 11.0. The molecule has 0 radical (unpaired) electrons. The Morgan fingerprint density at radius 2 is 1.32 bits per heavy atom. The highest BCUT2D eigenvalue weighted by molar-refractivity contribution is 5.97. The van der Waals surface area contributed by atoms with Gasteiger partial charge in [-0.1, -0.05) is 92.7 Å². The summed E-state index contributed by atoms with van der Waals surface area (Å²) >= 11 is 0. The molecule has 3 aromatic carbocycles. The molecule has 0 unspecified atom stereocenters. The van der Waals surface area contributed by atoms with E-state index in [1.165, 1.54) is 4.90 Å². The third-order valence-electron chi connectivity index (χ3n) is 10.1. The van der Waals surface area contributed by atoms with Crippen LogP contribution >= 0.6 is 0 Å². The molecule has 4 aromatic rings. The number of para-hydroxylation sites is 1. The lowest BCUT2D eigenvalue weighted by atomic mass is 10.0. The number of carbonyl (C=O) groups excluding carboxylic acids is 5. The Morgan fingerprint density at radius 1 is 0.754 bits per heavy atom. The number of aliphatic hydroxyl groups is 1. The number of H-pyrrole nitrogens is 1. The maximum absolute atomic E-state index is 14.3. The van der Waals surface area contributed by atoms with Crippen LogP contribution in [0.4, 0.5) is 0 Å². The van der Waals surface area contributed by atoms with Crippen molar-refractivity contribution in [1.29, 1.82) is 0 Å². The van der Waals surface area contributed by atoms with Gasteiger partial charge in [0.1, 0.15) is 30.2 Å². The molecule has 0 spiro atoms. The molecule has 1 aliphatic rings. The van der Waals surface area contributed by atoms with Crippen LogP contribution < -0.4 is 27.0 Å². The summed E-state index contributed by atoms with van der Waals surface area (Å²) in [5.41, 5.74) is 9.33. The summed E-state index contributed by atoms with van der Waals surface area (Å²) in [4.78, 5) is 85.1. The number of hydrogen-bond donors (Lipinski definition) is 8. The van der Waals surface area contributed by atoms with E-state index in [-0.39, 0.29) is 25.8 Å². The number of aromatic nitrogens is 1. The molecular formula is C42H51N7O8. The van der Waals surface area contributed by atoms with E-state index in [0.717, 1.165) is 22.0 Å². The Balaban J connectivity index is 1.33.